The Kier molecular flexibility index (Phi) is 5.78. The fourth-order valence-electron chi connectivity index (χ4n) is 2.33. The van der Waals surface area contributed by atoms with Crippen molar-refractivity contribution in [2.45, 2.75) is 11.8 Å². The van der Waals surface area contributed by atoms with Gasteiger partial charge in [0, 0.05) is 9.92 Å². The maximum atomic E-state index is 12.7. The number of benzene rings is 2. The molecule has 9 heteroatoms. The molecule has 3 rings (SSSR count). The summed E-state index contributed by atoms with van der Waals surface area (Å²) in [5.74, 6) is -0.703. The normalized spacial score (nSPS) is 10.6. The molecule has 3 N–H and O–H groups in total. The van der Waals surface area contributed by atoms with Crippen LogP contribution in [0.2, 0.25) is 5.02 Å². The number of aryl methyl sites for hydroxylation is 1. The lowest BCUT2D eigenvalue weighted by Gasteiger charge is -2.09. The molecule has 0 atom stereocenters. The van der Waals surface area contributed by atoms with E-state index in [0.29, 0.717) is 22.1 Å². The first-order chi connectivity index (χ1) is 12.9. The molecule has 2 amide bonds. The van der Waals surface area contributed by atoms with Gasteiger partial charge in [0.15, 0.2) is 5.69 Å². The Morgan fingerprint density at radius 1 is 1.19 bits per heavy atom. The molecule has 0 radical (unpaired) electrons. The number of carbonyl (C=O) groups is 2. The Morgan fingerprint density at radius 2 is 1.96 bits per heavy atom. The second-order valence-electron chi connectivity index (χ2n) is 5.61. The van der Waals surface area contributed by atoms with Crippen LogP contribution in [-0.2, 0) is 4.79 Å². The van der Waals surface area contributed by atoms with Crippen molar-refractivity contribution in [1.82, 2.24) is 15.0 Å². The zero-order valence-corrected chi connectivity index (χ0v) is 15.9. The Hall–Kier alpha value is -2.84. The molecule has 0 saturated carbocycles. The van der Waals surface area contributed by atoms with Crippen molar-refractivity contribution in [3.05, 3.63) is 64.9 Å². The molecule has 0 unspecified atom stereocenters. The zero-order chi connectivity index (χ0) is 19.4. The van der Waals surface area contributed by atoms with Gasteiger partial charge in [0.2, 0.25) is 5.91 Å². The predicted octanol–water partition coefficient (Wildman–Crippen LogP) is 3.06. The maximum Gasteiger partial charge on any atom is 0.278 e. The van der Waals surface area contributed by atoms with Crippen molar-refractivity contribution in [2.24, 2.45) is 5.73 Å². The number of nitrogens with one attached hydrogen (secondary N) is 1. The summed E-state index contributed by atoms with van der Waals surface area (Å²) in [6.07, 6.45) is 0. The number of para-hydroxylation sites is 1. The molecule has 0 saturated heterocycles. The van der Waals surface area contributed by atoms with Gasteiger partial charge in [-0.2, -0.15) is 9.90 Å². The number of nitrogens with two attached hydrogens (primary N) is 1. The van der Waals surface area contributed by atoms with Crippen molar-refractivity contribution in [2.75, 3.05) is 11.1 Å². The molecule has 138 valence electrons. The van der Waals surface area contributed by atoms with Gasteiger partial charge in [-0.25, -0.2) is 0 Å². The molecule has 0 bridgehead atoms. The van der Waals surface area contributed by atoms with Crippen LogP contribution in [0.15, 0.2) is 53.4 Å². The minimum absolute atomic E-state index is 0.122. The Labute approximate surface area is 164 Å². The molecule has 1 aromatic heterocycles. The number of aromatic nitrogens is 3. The van der Waals surface area contributed by atoms with Crippen LogP contribution in [-0.4, -0.2) is 32.6 Å². The van der Waals surface area contributed by atoms with Crippen LogP contribution in [0.1, 0.15) is 16.2 Å². The summed E-state index contributed by atoms with van der Waals surface area (Å²) >= 11 is 7.25. The van der Waals surface area contributed by atoms with Gasteiger partial charge in [-0.15, -0.1) is 16.9 Å². The summed E-state index contributed by atoms with van der Waals surface area (Å²) in [4.78, 5) is 25.8. The van der Waals surface area contributed by atoms with E-state index in [1.165, 1.54) is 16.6 Å². The zero-order valence-electron chi connectivity index (χ0n) is 14.3. The van der Waals surface area contributed by atoms with Crippen LogP contribution >= 0.6 is 23.4 Å². The number of rotatable bonds is 6. The number of halogens is 1. The maximum absolute atomic E-state index is 12.7. The van der Waals surface area contributed by atoms with Crippen molar-refractivity contribution < 1.29 is 9.59 Å². The number of primary amides is 1. The Bertz CT molecular complexity index is 1000. The van der Waals surface area contributed by atoms with Gasteiger partial charge in [-0.05, 0) is 37.3 Å². The first-order valence-corrected chi connectivity index (χ1v) is 9.32. The second kappa shape index (κ2) is 8.24. The van der Waals surface area contributed by atoms with E-state index in [9.17, 15) is 9.59 Å². The molecule has 0 aliphatic carbocycles. The van der Waals surface area contributed by atoms with E-state index in [1.54, 1.807) is 49.4 Å². The monoisotopic (exact) mass is 401 g/mol. The number of thioether (sulfide) groups is 1. The first-order valence-electron chi connectivity index (χ1n) is 7.95. The number of anilines is 1. The third kappa shape index (κ3) is 4.66. The van der Waals surface area contributed by atoms with Gasteiger partial charge in [0.25, 0.3) is 5.91 Å². The SMILES string of the molecule is Cc1nn(-c2cccc(Cl)c2)nc1C(=O)Nc1ccccc1SCC(N)=O. The van der Waals surface area contributed by atoms with Crippen molar-refractivity contribution in [3.63, 3.8) is 0 Å². The number of nitrogens with zero attached hydrogens (tertiary/aromatic N) is 3. The fourth-order valence-corrected chi connectivity index (χ4v) is 3.26. The molecular formula is C18H16ClN5O2S. The molecule has 0 aliphatic rings. The predicted molar refractivity (Wildman–Crippen MR) is 105 cm³/mol. The number of hydrogen-bond acceptors (Lipinski definition) is 5. The summed E-state index contributed by atoms with van der Waals surface area (Å²) in [6, 6.07) is 14.2. The van der Waals surface area contributed by atoms with E-state index in [2.05, 4.69) is 15.5 Å². The van der Waals surface area contributed by atoms with Crippen LogP contribution in [0, 0.1) is 6.92 Å². The molecule has 2 aromatic carbocycles. The highest BCUT2D eigenvalue weighted by atomic mass is 35.5. The van der Waals surface area contributed by atoms with Crippen LogP contribution in [0.3, 0.4) is 0 Å². The van der Waals surface area contributed by atoms with Gasteiger partial charge in [0.1, 0.15) is 0 Å². The van der Waals surface area contributed by atoms with E-state index >= 15 is 0 Å². The van der Waals surface area contributed by atoms with E-state index < -0.39 is 11.8 Å². The number of carbonyl (C=O) groups excluding carboxylic acids is 2. The van der Waals surface area contributed by atoms with Crippen LogP contribution in [0.25, 0.3) is 5.69 Å². The average Bonchev–Trinajstić information content (AvgIpc) is 3.03. The Balaban J connectivity index is 1.82. The Morgan fingerprint density at radius 3 is 2.70 bits per heavy atom. The van der Waals surface area contributed by atoms with Gasteiger partial charge in [-0.3, -0.25) is 9.59 Å². The minimum Gasteiger partial charge on any atom is -0.369 e. The van der Waals surface area contributed by atoms with E-state index in [-0.39, 0.29) is 11.4 Å². The average molecular weight is 402 g/mol. The fraction of sp³-hybridized carbons (Fsp3) is 0.111. The van der Waals surface area contributed by atoms with E-state index in [1.807, 2.05) is 6.07 Å². The van der Waals surface area contributed by atoms with E-state index in [4.69, 9.17) is 17.3 Å². The largest absolute Gasteiger partial charge is 0.369 e. The smallest absolute Gasteiger partial charge is 0.278 e. The summed E-state index contributed by atoms with van der Waals surface area (Å²) in [7, 11) is 0. The highest BCUT2D eigenvalue weighted by Crippen LogP contribution is 2.27. The van der Waals surface area contributed by atoms with Crippen molar-refractivity contribution >= 4 is 40.9 Å². The van der Waals surface area contributed by atoms with Gasteiger partial charge < -0.3 is 11.1 Å². The number of amides is 2. The topological polar surface area (TPSA) is 103 Å². The minimum atomic E-state index is -0.429. The summed E-state index contributed by atoms with van der Waals surface area (Å²) < 4.78 is 0. The molecule has 7 nitrogen and oxygen atoms in total. The molecular weight excluding hydrogens is 386 g/mol. The first kappa shape index (κ1) is 18.9. The third-order valence-corrected chi connectivity index (χ3v) is 4.87. The number of hydrogen-bond donors (Lipinski definition) is 2. The van der Waals surface area contributed by atoms with Crippen LogP contribution < -0.4 is 11.1 Å². The molecule has 0 spiro atoms. The highest BCUT2D eigenvalue weighted by molar-refractivity contribution is 8.00. The third-order valence-electron chi connectivity index (χ3n) is 3.54. The summed E-state index contributed by atoms with van der Waals surface area (Å²) in [6.45, 7) is 1.71. The summed E-state index contributed by atoms with van der Waals surface area (Å²) in [5.41, 5.74) is 7.10. The lowest BCUT2D eigenvalue weighted by Crippen LogP contribution is -2.16. The van der Waals surface area contributed by atoms with Crippen molar-refractivity contribution in [1.29, 1.82) is 0 Å². The van der Waals surface area contributed by atoms with Gasteiger partial charge in [0.05, 0.1) is 22.8 Å². The molecule has 3 aromatic rings. The molecule has 27 heavy (non-hydrogen) atoms. The van der Waals surface area contributed by atoms with E-state index in [0.717, 1.165) is 4.90 Å². The van der Waals surface area contributed by atoms with Gasteiger partial charge >= 0.3 is 0 Å². The van der Waals surface area contributed by atoms with Crippen LogP contribution in [0.5, 0.6) is 0 Å². The lowest BCUT2D eigenvalue weighted by atomic mass is 10.3. The second-order valence-corrected chi connectivity index (χ2v) is 7.06. The molecule has 0 aliphatic heterocycles. The summed E-state index contributed by atoms with van der Waals surface area (Å²) in [5, 5.41) is 11.9. The standard InChI is InChI=1S/C18H16ClN5O2S/c1-11-17(23-24(22-11)13-6-4-5-12(19)9-13)18(26)21-14-7-2-3-8-15(14)27-10-16(20)25/h2-9H,10H2,1H3,(H2,20,25)(H,21,26). The molecule has 1 heterocycles. The molecule has 0 fully saturated rings. The highest BCUT2D eigenvalue weighted by Gasteiger charge is 2.18. The van der Waals surface area contributed by atoms with Gasteiger partial charge in [-0.1, -0.05) is 29.8 Å². The van der Waals surface area contributed by atoms with Crippen molar-refractivity contribution in [3.8, 4) is 5.69 Å². The van der Waals surface area contributed by atoms with Crippen LogP contribution in [0.4, 0.5) is 5.69 Å². The lowest BCUT2D eigenvalue weighted by molar-refractivity contribution is -0.115. The quantitative estimate of drug-likeness (QED) is 0.618.